The molecule has 3 heteroatoms. The molecule has 14 heavy (non-hydrogen) atoms. The summed E-state index contributed by atoms with van der Waals surface area (Å²) >= 11 is 0. The van der Waals surface area contributed by atoms with E-state index < -0.39 is 8.32 Å². The van der Waals surface area contributed by atoms with Gasteiger partial charge < -0.3 is 10.2 Å². The van der Waals surface area contributed by atoms with Crippen LogP contribution in [-0.2, 0) is 4.43 Å². The normalized spacial score (nSPS) is 12.0. The summed E-state index contributed by atoms with van der Waals surface area (Å²) in [5.41, 5.74) is 5.48. The summed E-state index contributed by atoms with van der Waals surface area (Å²) in [6.45, 7) is 8.42. The maximum Gasteiger partial charge on any atom is 0.192 e. The van der Waals surface area contributed by atoms with E-state index in [9.17, 15) is 0 Å². The highest BCUT2D eigenvalue weighted by atomic mass is 28.4. The Morgan fingerprint density at radius 3 is 2.07 bits per heavy atom. The van der Waals surface area contributed by atoms with Crippen LogP contribution >= 0.6 is 0 Å². The van der Waals surface area contributed by atoms with Gasteiger partial charge in [-0.3, -0.25) is 0 Å². The van der Waals surface area contributed by atoms with Gasteiger partial charge in [0.15, 0.2) is 8.32 Å². The van der Waals surface area contributed by atoms with Crippen molar-refractivity contribution in [3.63, 3.8) is 0 Å². The molecule has 2 nitrogen and oxygen atoms in total. The molecule has 0 bridgehead atoms. The number of hydrogen-bond donors (Lipinski definition) is 1. The number of nitrogens with two attached hydrogens (primary N) is 1. The van der Waals surface area contributed by atoms with Gasteiger partial charge in [-0.25, -0.2) is 0 Å². The van der Waals surface area contributed by atoms with Gasteiger partial charge in [0.05, 0.1) is 0 Å². The van der Waals surface area contributed by atoms with Crippen molar-refractivity contribution >= 4 is 8.32 Å². The average molecular weight is 217 g/mol. The van der Waals surface area contributed by atoms with Gasteiger partial charge in [-0.1, -0.05) is 26.7 Å². The first kappa shape index (κ1) is 14.1. The predicted molar refractivity (Wildman–Crippen MR) is 66.1 cm³/mol. The molecule has 86 valence electrons. The highest BCUT2D eigenvalue weighted by Gasteiger charge is 2.29. The molecule has 0 spiro atoms. The van der Waals surface area contributed by atoms with Gasteiger partial charge in [-0.15, -0.1) is 0 Å². The van der Waals surface area contributed by atoms with E-state index in [0.29, 0.717) is 0 Å². The van der Waals surface area contributed by atoms with Crippen molar-refractivity contribution in [3.05, 3.63) is 0 Å². The molecule has 0 saturated heterocycles. The standard InChI is InChI=1S/C11H27NOSi/c1-4-13-14(5-2,6-3)11-9-7-8-10-12/h4-12H2,1-3H3. The first-order valence-electron chi connectivity index (χ1n) is 6.08. The topological polar surface area (TPSA) is 35.2 Å². The van der Waals surface area contributed by atoms with Gasteiger partial charge in [-0.2, -0.15) is 0 Å². The lowest BCUT2D eigenvalue weighted by molar-refractivity contribution is 0.318. The maximum atomic E-state index is 6.02. The van der Waals surface area contributed by atoms with Crippen molar-refractivity contribution < 1.29 is 4.43 Å². The van der Waals surface area contributed by atoms with E-state index in [-0.39, 0.29) is 0 Å². The molecule has 0 aromatic carbocycles. The van der Waals surface area contributed by atoms with Gasteiger partial charge in [-0.05, 0) is 38.0 Å². The molecule has 0 aliphatic carbocycles. The molecule has 0 aromatic rings. The Labute approximate surface area is 90.3 Å². The van der Waals surface area contributed by atoms with Crippen LogP contribution in [0.4, 0.5) is 0 Å². The molecule has 0 aliphatic heterocycles. The first-order valence-corrected chi connectivity index (χ1v) is 8.61. The summed E-state index contributed by atoms with van der Waals surface area (Å²) in [6.07, 6.45) is 3.76. The fraction of sp³-hybridized carbons (Fsp3) is 1.00. The van der Waals surface area contributed by atoms with Gasteiger partial charge >= 0.3 is 0 Å². The van der Waals surface area contributed by atoms with Crippen LogP contribution in [0.5, 0.6) is 0 Å². The molecule has 0 heterocycles. The summed E-state index contributed by atoms with van der Waals surface area (Å²) in [5, 5.41) is 0. The van der Waals surface area contributed by atoms with Crippen molar-refractivity contribution in [1.82, 2.24) is 0 Å². The monoisotopic (exact) mass is 217 g/mol. The lowest BCUT2D eigenvalue weighted by atomic mass is 10.2. The zero-order valence-electron chi connectivity index (χ0n) is 10.1. The Bertz CT molecular complexity index is 126. The van der Waals surface area contributed by atoms with E-state index in [0.717, 1.165) is 13.2 Å². The van der Waals surface area contributed by atoms with Crippen LogP contribution < -0.4 is 5.73 Å². The third-order valence-electron chi connectivity index (χ3n) is 3.08. The molecule has 0 rings (SSSR count). The lowest BCUT2D eigenvalue weighted by Crippen LogP contribution is -2.36. The molecule has 0 radical (unpaired) electrons. The molecule has 0 aromatic heterocycles. The summed E-state index contributed by atoms with van der Waals surface area (Å²) in [7, 11) is -1.33. The first-order chi connectivity index (χ1) is 6.74. The third kappa shape index (κ3) is 5.13. The second-order valence-electron chi connectivity index (χ2n) is 3.92. The Morgan fingerprint density at radius 1 is 1.00 bits per heavy atom. The Balaban J connectivity index is 3.82. The zero-order valence-corrected chi connectivity index (χ0v) is 11.1. The van der Waals surface area contributed by atoms with Crippen molar-refractivity contribution in [1.29, 1.82) is 0 Å². The van der Waals surface area contributed by atoms with E-state index in [1.807, 2.05) is 0 Å². The molecule has 0 saturated carbocycles. The molecule has 0 atom stereocenters. The number of hydrogen-bond acceptors (Lipinski definition) is 2. The zero-order chi connectivity index (χ0) is 10.9. The highest BCUT2D eigenvalue weighted by molar-refractivity contribution is 6.73. The van der Waals surface area contributed by atoms with Gasteiger partial charge in [0.25, 0.3) is 0 Å². The largest absolute Gasteiger partial charge is 0.417 e. The van der Waals surface area contributed by atoms with E-state index in [2.05, 4.69) is 20.8 Å². The van der Waals surface area contributed by atoms with Gasteiger partial charge in [0.2, 0.25) is 0 Å². The fourth-order valence-electron chi connectivity index (χ4n) is 1.95. The molecular weight excluding hydrogens is 190 g/mol. The molecule has 0 unspecified atom stereocenters. The predicted octanol–water partition coefficient (Wildman–Crippen LogP) is 3.14. The van der Waals surface area contributed by atoms with Crippen LogP contribution in [0, 0.1) is 0 Å². The van der Waals surface area contributed by atoms with Crippen molar-refractivity contribution in [2.24, 2.45) is 5.73 Å². The van der Waals surface area contributed by atoms with Crippen LogP contribution in [0.1, 0.15) is 40.0 Å². The minimum atomic E-state index is -1.33. The fourth-order valence-corrected chi connectivity index (χ4v) is 5.22. The van der Waals surface area contributed by atoms with E-state index in [1.54, 1.807) is 0 Å². The van der Waals surface area contributed by atoms with Crippen molar-refractivity contribution in [2.45, 2.75) is 58.2 Å². The quantitative estimate of drug-likeness (QED) is 0.476. The highest BCUT2D eigenvalue weighted by Crippen LogP contribution is 2.24. The van der Waals surface area contributed by atoms with Crippen LogP contribution in [0.2, 0.25) is 18.1 Å². The van der Waals surface area contributed by atoms with Crippen LogP contribution in [0.3, 0.4) is 0 Å². The summed E-state index contributed by atoms with van der Waals surface area (Å²) in [4.78, 5) is 0. The Hall–Kier alpha value is 0.137. The van der Waals surface area contributed by atoms with Gasteiger partial charge in [0.1, 0.15) is 0 Å². The molecule has 0 fully saturated rings. The minimum absolute atomic E-state index is 0.835. The van der Waals surface area contributed by atoms with E-state index in [1.165, 1.54) is 37.4 Å². The summed E-state index contributed by atoms with van der Waals surface area (Å²) in [6, 6.07) is 3.85. The second-order valence-corrected chi connectivity index (χ2v) is 8.49. The molecular formula is C11H27NOSi. The lowest BCUT2D eigenvalue weighted by Gasteiger charge is -2.28. The van der Waals surface area contributed by atoms with Crippen LogP contribution in [0.15, 0.2) is 0 Å². The minimum Gasteiger partial charge on any atom is -0.417 e. The summed E-state index contributed by atoms with van der Waals surface area (Å²) < 4.78 is 6.02. The molecule has 2 N–H and O–H groups in total. The second kappa shape index (κ2) is 8.45. The third-order valence-corrected chi connectivity index (χ3v) is 7.82. The SMILES string of the molecule is CCO[Si](CC)(CC)CCCCCN. The number of unbranched alkanes of at least 4 members (excludes halogenated alkanes) is 2. The molecule has 0 amide bonds. The van der Waals surface area contributed by atoms with E-state index >= 15 is 0 Å². The van der Waals surface area contributed by atoms with Gasteiger partial charge in [0, 0.05) is 6.61 Å². The Kier molecular flexibility index (Phi) is 8.53. The smallest absolute Gasteiger partial charge is 0.192 e. The van der Waals surface area contributed by atoms with Crippen molar-refractivity contribution in [2.75, 3.05) is 13.2 Å². The van der Waals surface area contributed by atoms with Crippen LogP contribution in [0.25, 0.3) is 0 Å². The maximum absolute atomic E-state index is 6.02. The van der Waals surface area contributed by atoms with E-state index in [4.69, 9.17) is 10.2 Å². The Morgan fingerprint density at radius 2 is 1.64 bits per heavy atom. The molecule has 0 aliphatic rings. The van der Waals surface area contributed by atoms with Crippen LogP contribution in [-0.4, -0.2) is 21.5 Å². The average Bonchev–Trinajstić information content (AvgIpc) is 2.23. The number of rotatable bonds is 9. The van der Waals surface area contributed by atoms with Crippen molar-refractivity contribution in [3.8, 4) is 0 Å². The summed E-state index contributed by atoms with van der Waals surface area (Å²) in [5.74, 6) is 0.